The van der Waals surface area contributed by atoms with Crippen LogP contribution >= 0.6 is 0 Å². The number of esters is 2. The highest BCUT2D eigenvalue weighted by Gasteiger charge is 2.22. The Balaban J connectivity index is 2.72. The van der Waals surface area contributed by atoms with Crippen molar-refractivity contribution in [3.8, 4) is 0 Å². The molecule has 0 radical (unpaired) electrons. The van der Waals surface area contributed by atoms with Crippen molar-refractivity contribution in [2.24, 2.45) is 0 Å². The van der Waals surface area contributed by atoms with Crippen LogP contribution in [-0.2, 0) is 28.4 Å². The van der Waals surface area contributed by atoms with Gasteiger partial charge in [-0.1, -0.05) is 220 Å². The van der Waals surface area contributed by atoms with E-state index in [0.717, 1.165) is 51.4 Å². The molecule has 1 rings (SSSR count). The molecule has 0 fully saturated rings. The Morgan fingerprint density at radius 1 is 0.350 bits per heavy atom. The maximum Gasteiger partial charge on any atom is 0.339 e. The van der Waals surface area contributed by atoms with E-state index in [1.807, 2.05) is 0 Å². The van der Waals surface area contributed by atoms with Gasteiger partial charge in [0.1, 0.15) is 13.2 Å². The lowest BCUT2D eigenvalue weighted by Crippen LogP contribution is -2.28. The number of carbonyl (C=O) groups excluding carboxylic acids is 2. The van der Waals surface area contributed by atoms with Crippen LogP contribution in [-0.4, -0.2) is 64.2 Å². The fourth-order valence-corrected chi connectivity index (χ4v) is 7.37. The third-order valence-corrected chi connectivity index (χ3v) is 11.3. The van der Waals surface area contributed by atoms with Crippen LogP contribution in [0.1, 0.15) is 254 Å². The number of benzene rings is 1. The van der Waals surface area contributed by atoms with Crippen molar-refractivity contribution in [1.29, 1.82) is 0 Å². The molecule has 0 atom stereocenters. The van der Waals surface area contributed by atoms with Crippen molar-refractivity contribution in [2.45, 2.75) is 246 Å². The Morgan fingerprint density at radius 3 is 0.800 bits per heavy atom. The molecule has 0 heterocycles. The molecule has 60 heavy (non-hydrogen) atoms. The quantitative estimate of drug-likeness (QED) is 0.0364. The lowest BCUT2D eigenvalue weighted by molar-refractivity contribution is -0.165. The number of carbonyl (C=O) groups is 2. The van der Waals surface area contributed by atoms with E-state index in [-0.39, 0.29) is 24.3 Å². The minimum atomic E-state index is -0.653. The number of rotatable bonds is 46. The first-order valence-electron chi connectivity index (χ1n) is 25.5. The largest absolute Gasteiger partial charge is 0.457 e. The van der Waals surface area contributed by atoms with Crippen LogP contribution in [0, 0.1) is 0 Å². The predicted octanol–water partition coefficient (Wildman–Crippen LogP) is 15.3. The second-order valence-corrected chi connectivity index (χ2v) is 17.0. The molecular formula is C52H94O8. The molecule has 1 aromatic carbocycles. The van der Waals surface area contributed by atoms with E-state index < -0.39 is 24.5 Å². The Morgan fingerprint density at radius 2 is 0.567 bits per heavy atom. The number of hydrogen-bond donors (Lipinski definition) is 0. The number of hydrogen-bond acceptors (Lipinski definition) is 8. The zero-order valence-electron chi connectivity index (χ0n) is 39.6. The van der Waals surface area contributed by atoms with Crippen LogP contribution in [0.5, 0.6) is 0 Å². The summed E-state index contributed by atoms with van der Waals surface area (Å²) in [7, 11) is 0. The summed E-state index contributed by atoms with van der Waals surface area (Å²) in [4.78, 5) is 26.9. The first-order chi connectivity index (χ1) is 29.6. The van der Waals surface area contributed by atoms with E-state index in [2.05, 4.69) is 27.7 Å². The van der Waals surface area contributed by atoms with Gasteiger partial charge >= 0.3 is 11.9 Å². The third kappa shape index (κ3) is 33.6. The average Bonchev–Trinajstić information content (AvgIpc) is 3.26. The molecule has 0 saturated heterocycles. The summed E-state index contributed by atoms with van der Waals surface area (Å²) >= 11 is 0. The molecule has 0 N–H and O–H groups in total. The number of ether oxygens (including phenoxy) is 6. The summed E-state index contributed by atoms with van der Waals surface area (Å²) < 4.78 is 36.0. The van der Waals surface area contributed by atoms with Gasteiger partial charge in [-0.15, -0.1) is 0 Å². The van der Waals surface area contributed by atoms with Gasteiger partial charge in [-0.2, -0.15) is 0 Å². The van der Waals surface area contributed by atoms with Crippen LogP contribution in [0.25, 0.3) is 0 Å². The van der Waals surface area contributed by atoms with E-state index >= 15 is 0 Å². The SMILES string of the molecule is CCCCCCCCCCOC(COC(=O)c1ccccc1C(=O)OCC(OCCCCCCCCCC)OCCCCCCCCCC)OCCCCCCCCCC. The number of unbranched alkanes of at least 4 members (excludes halogenated alkanes) is 28. The second-order valence-electron chi connectivity index (χ2n) is 17.0. The minimum Gasteiger partial charge on any atom is -0.457 e. The fourth-order valence-electron chi connectivity index (χ4n) is 7.37. The lowest BCUT2D eigenvalue weighted by atomic mass is 10.1. The summed E-state index contributed by atoms with van der Waals surface area (Å²) in [5.74, 6) is -1.21. The molecule has 0 unspecified atom stereocenters. The molecule has 1 aromatic rings. The topological polar surface area (TPSA) is 89.5 Å². The predicted molar refractivity (Wildman–Crippen MR) is 249 cm³/mol. The molecule has 8 nitrogen and oxygen atoms in total. The van der Waals surface area contributed by atoms with Crippen molar-refractivity contribution in [3.05, 3.63) is 35.4 Å². The van der Waals surface area contributed by atoms with E-state index in [1.54, 1.807) is 24.3 Å². The van der Waals surface area contributed by atoms with Gasteiger partial charge in [-0.05, 0) is 37.8 Å². The van der Waals surface area contributed by atoms with Crippen LogP contribution in [0.15, 0.2) is 24.3 Å². The maximum absolute atomic E-state index is 13.5. The molecule has 0 aliphatic heterocycles. The molecule has 8 heteroatoms. The lowest BCUT2D eigenvalue weighted by Gasteiger charge is -2.20. The smallest absolute Gasteiger partial charge is 0.339 e. The van der Waals surface area contributed by atoms with Gasteiger partial charge in [-0.3, -0.25) is 0 Å². The summed E-state index contributed by atoms with van der Waals surface area (Å²) in [5.41, 5.74) is 0.312. The molecule has 0 aliphatic carbocycles. The Hall–Kier alpha value is -2.00. The Kier molecular flexibility index (Phi) is 40.7. The summed E-state index contributed by atoms with van der Waals surface area (Å²) in [6.45, 7) is 11.1. The normalized spacial score (nSPS) is 11.6. The molecule has 350 valence electrons. The van der Waals surface area contributed by atoms with Gasteiger partial charge < -0.3 is 28.4 Å². The molecule has 0 saturated carbocycles. The first kappa shape index (κ1) is 56.0. The van der Waals surface area contributed by atoms with Gasteiger partial charge in [0.05, 0.1) is 11.1 Å². The highest BCUT2D eigenvalue weighted by atomic mass is 16.7. The summed E-state index contributed by atoms with van der Waals surface area (Å²) in [6, 6.07) is 6.66. The highest BCUT2D eigenvalue weighted by molar-refractivity contribution is 6.03. The van der Waals surface area contributed by atoms with Crippen molar-refractivity contribution in [1.82, 2.24) is 0 Å². The van der Waals surface area contributed by atoms with Crippen LogP contribution in [0.4, 0.5) is 0 Å². The van der Waals surface area contributed by atoms with Gasteiger partial charge in [0.2, 0.25) is 0 Å². The highest BCUT2D eigenvalue weighted by Crippen LogP contribution is 2.17. The maximum atomic E-state index is 13.5. The third-order valence-electron chi connectivity index (χ3n) is 11.3. The van der Waals surface area contributed by atoms with Crippen molar-refractivity contribution >= 4 is 11.9 Å². The Bertz CT molecular complexity index is 953. The van der Waals surface area contributed by atoms with Crippen molar-refractivity contribution < 1.29 is 38.0 Å². The molecule has 0 bridgehead atoms. The van der Waals surface area contributed by atoms with Gasteiger partial charge in [0, 0.05) is 26.4 Å². The van der Waals surface area contributed by atoms with E-state index in [4.69, 9.17) is 28.4 Å². The first-order valence-corrected chi connectivity index (χ1v) is 25.5. The molecular weight excluding hydrogens is 753 g/mol. The molecule has 0 amide bonds. The molecule has 0 aromatic heterocycles. The monoisotopic (exact) mass is 847 g/mol. The van der Waals surface area contributed by atoms with Gasteiger partial charge in [-0.25, -0.2) is 9.59 Å². The summed E-state index contributed by atoms with van der Waals surface area (Å²) in [5, 5.41) is 0. The summed E-state index contributed by atoms with van der Waals surface area (Å²) in [6.07, 6.45) is 37.5. The van der Waals surface area contributed by atoms with E-state index in [9.17, 15) is 9.59 Å². The Labute approximate surface area is 369 Å². The second kappa shape index (κ2) is 43.6. The van der Waals surface area contributed by atoms with Gasteiger partial charge in [0.25, 0.3) is 0 Å². The van der Waals surface area contributed by atoms with Crippen LogP contribution in [0.3, 0.4) is 0 Å². The van der Waals surface area contributed by atoms with E-state index in [0.29, 0.717) is 26.4 Å². The van der Waals surface area contributed by atoms with E-state index in [1.165, 1.54) is 154 Å². The fraction of sp³-hybridized carbons (Fsp3) is 0.846. The molecule has 0 aliphatic rings. The zero-order chi connectivity index (χ0) is 43.4. The standard InChI is InChI=1S/C52H94O8/c1-5-9-13-17-21-25-29-35-41-55-49(56-42-36-30-26-22-18-14-10-6-2)45-59-51(53)47-39-33-34-40-48(47)52(54)60-46-50(57-43-37-31-27-23-19-15-11-7-3)58-44-38-32-28-24-20-16-12-8-4/h33-34,39-40,49-50H,5-32,35-38,41-46H2,1-4H3. The minimum absolute atomic E-state index is 0.0442. The van der Waals surface area contributed by atoms with Crippen LogP contribution in [0.2, 0.25) is 0 Å². The van der Waals surface area contributed by atoms with Crippen molar-refractivity contribution in [3.63, 3.8) is 0 Å². The van der Waals surface area contributed by atoms with Gasteiger partial charge in [0.15, 0.2) is 12.6 Å². The van der Waals surface area contributed by atoms with Crippen LogP contribution < -0.4 is 0 Å². The van der Waals surface area contributed by atoms with Crippen molar-refractivity contribution in [2.75, 3.05) is 39.6 Å². The molecule has 0 spiro atoms. The zero-order valence-corrected chi connectivity index (χ0v) is 39.6. The average molecular weight is 847 g/mol.